The number of aromatic nitrogens is 5. The first-order chi connectivity index (χ1) is 27.3. The number of hydrogen-bond donors (Lipinski definition) is 3. The SMILES string of the molecule is C[C@@H]1CCC[C@H](C)N1c1nnc2ccc(O[C@@H]3CC[C@H](NC(=O)Nc4cc(C(C)(C)C)nn4-c4ccc(F)c(OCCN(C)C)c4)c4ccccc43)cn12.O=CO. The van der Waals surface area contributed by atoms with Crippen LogP contribution in [0.25, 0.3) is 11.3 Å². The third-order valence-corrected chi connectivity index (χ3v) is 10.5. The summed E-state index contributed by atoms with van der Waals surface area (Å²) >= 11 is 0. The molecule has 3 aromatic heterocycles. The number of carbonyl (C=O) groups is 2. The van der Waals surface area contributed by atoms with Crippen LogP contribution < -0.4 is 25.0 Å². The normalized spacial score (nSPS) is 19.4. The van der Waals surface area contributed by atoms with Gasteiger partial charge < -0.3 is 29.7 Å². The van der Waals surface area contributed by atoms with Crippen molar-refractivity contribution < 1.29 is 28.6 Å². The molecular weight excluding hydrogens is 730 g/mol. The first-order valence-corrected chi connectivity index (χ1v) is 19.5. The maximum absolute atomic E-state index is 14.7. The molecule has 5 aromatic rings. The highest BCUT2D eigenvalue weighted by molar-refractivity contribution is 5.89. The van der Waals surface area contributed by atoms with Crippen LogP contribution in [0.3, 0.4) is 0 Å². The monoisotopic (exact) mass is 783 g/mol. The summed E-state index contributed by atoms with van der Waals surface area (Å²) in [6, 6.07) is 18.6. The van der Waals surface area contributed by atoms with E-state index >= 15 is 0 Å². The van der Waals surface area contributed by atoms with Gasteiger partial charge in [-0.25, -0.2) is 13.9 Å². The fourth-order valence-corrected chi connectivity index (χ4v) is 7.52. The molecule has 4 atom stereocenters. The van der Waals surface area contributed by atoms with Gasteiger partial charge in [-0.15, -0.1) is 10.2 Å². The number of rotatable bonds is 10. The van der Waals surface area contributed by atoms with E-state index in [0.29, 0.717) is 49.6 Å². The van der Waals surface area contributed by atoms with Crippen molar-refractivity contribution in [1.82, 2.24) is 34.6 Å². The summed E-state index contributed by atoms with van der Waals surface area (Å²) in [6.45, 7) is 11.4. The van der Waals surface area contributed by atoms with Crippen molar-refractivity contribution in [2.45, 2.75) is 96.4 Å². The van der Waals surface area contributed by atoms with E-state index in [4.69, 9.17) is 24.5 Å². The Morgan fingerprint density at radius 1 is 1.00 bits per heavy atom. The number of anilines is 2. The van der Waals surface area contributed by atoms with Crippen LogP contribution in [0.5, 0.6) is 11.5 Å². The number of likely N-dealkylation sites (N-methyl/N-ethyl adjacent to an activating group) is 1. The number of piperidine rings is 1. The Labute approximate surface area is 333 Å². The predicted molar refractivity (Wildman–Crippen MR) is 217 cm³/mol. The highest BCUT2D eigenvalue weighted by Crippen LogP contribution is 2.39. The Kier molecular flexibility index (Phi) is 12.7. The molecule has 1 aliphatic carbocycles. The number of nitrogens with zero attached hydrogens (tertiary/aromatic N) is 7. The number of benzene rings is 2. The van der Waals surface area contributed by atoms with Crippen LogP contribution in [0.1, 0.15) is 95.7 Å². The Morgan fingerprint density at radius 2 is 1.72 bits per heavy atom. The van der Waals surface area contributed by atoms with E-state index in [1.54, 1.807) is 16.8 Å². The molecule has 3 N–H and O–H groups in total. The zero-order valence-corrected chi connectivity index (χ0v) is 33.8. The molecule has 0 unspecified atom stereocenters. The van der Waals surface area contributed by atoms with Gasteiger partial charge in [-0.05, 0) is 95.4 Å². The lowest BCUT2D eigenvalue weighted by Gasteiger charge is -2.39. The Hall–Kier alpha value is -5.70. The molecular formula is C42H54FN9O5. The van der Waals surface area contributed by atoms with Crippen LogP contribution in [0.15, 0.2) is 66.9 Å². The Morgan fingerprint density at radius 3 is 2.42 bits per heavy atom. The highest BCUT2D eigenvalue weighted by atomic mass is 19.1. The molecule has 1 fully saturated rings. The van der Waals surface area contributed by atoms with E-state index in [1.807, 2.05) is 66.0 Å². The third-order valence-electron chi connectivity index (χ3n) is 10.5. The molecule has 0 saturated carbocycles. The summed E-state index contributed by atoms with van der Waals surface area (Å²) in [5.41, 5.74) is 3.87. The van der Waals surface area contributed by atoms with Crippen LogP contribution in [0.2, 0.25) is 0 Å². The average molecular weight is 784 g/mol. The van der Waals surface area contributed by atoms with E-state index in [9.17, 15) is 9.18 Å². The zero-order valence-electron chi connectivity index (χ0n) is 33.8. The molecule has 304 valence electrons. The van der Waals surface area contributed by atoms with Crippen molar-refractivity contribution in [2.24, 2.45) is 0 Å². The molecule has 14 nitrogen and oxygen atoms in total. The fourth-order valence-electron chi connectivity index (χ4n) is 7.52. The summed E-state index contributed by atoms with van der Waals surface area (Å²) in [4.78, 5) is 26.4. The van der Waals surface area contributed by atoms with Gasteiger partial charge in [-0.2, -0.15) is 5.10 Å². The molecule has 15 heteroatoms. The quantitative estimate of drug-likeness (QED) is 0.121. The second-order valence-electron chi connectivity index (χ2n) is 16.0. The summed E-state index contributed by atoms with van der Waals surface area (Å²) < 4.78 is 30.9. The smallest absolute Gasteiger partial charge is 0.320 e. The summed E-state index contributed by atoms with van der Waals surface area (Å²) in [5, 5.41) is 27.0. The number of urea groups is 1. The predicted octanol–water partition coefficient (Wildman–Crippen LogP) is 7.54. The summed E-state index contributed by atoms with van der Waals surface area (Å²) in [6.07, 6.45) is 6.65. The van der Waals surface area contributed by atoms with Gasteiger partial charge >= 0.3 is 6.03 Å². The molecule has 1 saturated heterocycles. The molecule has 4 heterocycles. The van der Waals surface area contributed by atoms with Crippen molar-refractivity contribution in [3.05, 3.63) is 89.5 Å². The first kappa shape index (κ1) is 40.9. The minimum Gasteiger partial charge on any atom is -0.489 e. The van der Waals surface area contributed by atoms with Crippen LogP contribution in [0.4, 0.5) is 21.0 Å². The van der Waals surface area contributed by atoms with Crippen molar-refractivity contribution in [2.75, 3.05) is 37.5 Å². The molecule has 2 aliphatic rings. The van der Waals surface area contributed by atoms with Crippen LogP contribution in [-0.4, -0.2) is 86.2 Å². The zero-order chi connectivity index (χ0) is 40.9. The first-order valence-electron chi connectivity index (χ1n) is 19.5. The molecule has 2 aromatic carbocycles. The van der Waals surface area contributed by atoms with Crippen molar-refractivity contribution in [3.8, 4) is 17.2 Å². The van der Waals surface area contributed by atoms with E-state index in [2.05, 4.69) is 66.4 Å². The number of nitrogens with one attached hydrogen (secondary N) is 2. The molecule has 0 bridgehead atoms. The number of amides is 2. The third kappa shape index (κ3) is 9.47. The largest absolute Gasteiger partial charge is 0.489 e. The van der Waals surface area contributed by atoms with Gasteiger partial charge in [0, 0.05) is 36.2 Å². The molecule has 0 spiro atoms. The standard InChI is InChI=1S/C41H52FN9O3.CH2O2/c1-26-11-10-12-27(2)50(26)40-46-45-37-20-16-29(25-49(37)40)54-34-19-18-33(30-13-8-9-14-31(30)34)43-39(52)44-38-24-36(41(3,4)5)47-51(38)28-15-17-32(42)35(23-28)53-22-21-48(6)7;2-1-3/h8-9,13-17,20,23-27,33-34H,10-12,18-19,21-22H2,1-7H3,(H2,43,44,52);1H,(H,2,3)/t26-,27+,33-,34+;/m0./s1. The van der Waals surface area contributed by atoms with Gasteiger partial charge in [0.05, 0.1) is 23.6 Å². The maximum Gasteiger partial charge on any atom is 0.320 e. The van der Waals surface area contributed by atoms with Crippen LogP contribution in [0, 0.1) is 5.82 Å². The molecule has 0 radical (unpaired) electrons. The minimum absolute atomic E-state index is 0.126. The number of hydrogen-bond acceptors (Lipinski definition) is 9. The lowest BCUT2D eigenvalue weighted by Crippen LogP contribution is -2.44. The number of fused-ring (bicyclic) bond motifs is 2. The van der Waals surface area contributed by atoms with Crippen molar-refractivity contribution >= 4 is 29.9 Å². The summed E-state index contributed by atoms with van der Waals surface area (Å²) in [5.74, 6) is 1.71. The van der Waals surface area contributed by atoms with Crippen molar-refractivity contribution in [3.63, 3.8) is 0 Å². The second kappa shape index (κ2) is 17.6. The lowest BCUT2D eigenvalue weighted by atomic mass is 9.85. The number of pyridine rings is 1. The van der Waals surface area contributed by atoms with Gasteiger partial charge in [-0.3, -0.25) is 14.5 Å². The van der Waals surface area contributed by atoms with E-state index in [-0.39, 0.29) is 35.8 Å². The Balaban J connectivity index is 0.00000177. The average Bonchev–Trinajstić information content (AvgIpc) is 3.78. The highest BCUT2D eigenvalue weighted by Gasteiger charge is 2.32. The van der Waals surface area contributed by atoms with Crippen molar-refractivity contribution in [1.29, 1.82) is 0 Å². The second-order valence-corrected chi connectivity index (χ2v) is 16.0. The van der Waals surface area contributed by atoms with E-state index < -0.39 is 5.82 Å². The maximum atomic E-state index is 14.7. The fraction of sp³-hybridized carbons (Fsp3) is 0.452. The number of halogens is 1. The molecule has 7 rings (SSSR count). The molecule has 2 amide bonds. The minimum atomic E-state index is -0.461. The number of carboxylic acid groups (broad SMARTS) is 1. The number of ether oxygens (including phenoxy) is 2. The van der Waals surface area contributed by atoms with Gasteiger partial charge in [0.15, 0.2) is 17.2 Å². The van der Waals surface area contributed by atoms with Gasteiger partial charge in [0.25, 0.3) is 6.47 Å². The van der Waals surface area contributed by atoms with E-state index in [0.717, 1.165) is 47.0 Å². The molecule has 1 aliphatic heterocycles. The number of carbonyl (C=O) groups excluding carboxylic acids is 1. The van der Waals surface area contributed by atoms with Crippen LogP contribution >= 0.6 is 0 Å². The molecule has 57 heavy (non-hydrogen) atoms. The van der Waals surface area contributed by atoms with Gasteiger partial charge in [-0.1, -0.05) is 45.0 Å². The lowest BCUT2D eigenvalue weighted by molar-refractivity contribution is -0.122. The van der Waals surface area contributed by atoms with E-state index in [1.165, 1.54) is 12.5 Å². The van der Waals surface area contributed by atoms with Gasteiger partial charge in [0.1, 0.15) is 24.3 Å². The topological polar surface area (TPSA) is 151 Å². The van der Waals surface area contributed by atoms with Gasteiger partial charge in [0.2, 0.25) is 5.95 Å². The summed E-state index contributed by atoms with van der Waals surface area (Å²) in [7, 11) is 3.86. The van der Waals surface area contributed by atoms with Crippen LogP contribution in [-0.2, 0) is 10.2 Å². The Bertz CT molecular complexity index is 2150.